The van der Waals surface area contributed by atoms with Crippen LogP contribution in [-0.4, -0.2) is 12.0 Å². The van der Waals surface area contributed by atoms with Gasteiger partial charge in [-0.1, -0.05) is 26.0 Å². The number of nitrogens with zero attached hydrogens (tertiary/aromatic N) is 1. The topological polar surface area (TPSA) is 76.1 Å². The number of ketones is 1. The van der Waals surface area contributed by atoms with Gasteiger partial charge in [0.05, 0.1) is 16.8 Å². The maximum Gasteiger partial charge on any atom is 0.168 e. The Balaban J connectivity index is 2.06. The van der Waals surface area contributed by atoms with Crippen molar-refractivity contribution in [2.45, 2.75) is 37.7 Å². The van der Waals surface area contributed by atoms with E-state index in [1.165, 1.54) is 0 Å². The zero-order valence-electron chi connectivity index (χ0n) is 14.1. The number of allylic oxidation sites excluding steroid dienone is 2. The Hall–Kier alpha value is -2.19. The maximum atomic E-state index is 12.5. The first-order chi connectivity index (χ1) is 11.4. The fourth-order valence-electron chi connectivity index (χ4n) is 3.27. The monoisotopic (exact) mass is 340 g/mol. The van der Waals surface area contributed by atoms with E-state index in [1.54, 1.807) is 11.8 Å². The van der Waals surface area contributed by atoms with Gasteiger partial charge < -0.3 is 10.5 Å². The van der Waals surface area contributed by atoms with Gasteiger partial charge >= 0.3 is 0 Å². The summed E-state index contributed by atoms with van der Waals surface area (Å²) >= 11 is 1.65. The van der Waals surface area contributed by atoms with Gasteiger partial charge in [0.15, 0.2) is 11.9 Å². The van der Waals surface area contributed by atoms with Crippen molar-refractivity contribution in [1.29, 1.82) is 5.26 Å². The van der Waals surface area contributed by atoms with Crippen LogP contribution in [0.4, 0.5) is 0 Å². The standard InChI is InChI=1S/C19H20N2O2S/c1-19(2)8-14(22)16-15(9-19)23-18(13(10-20)17(16)21)11-4-6-12(24-3)7-5-11/h4-7,18H,8-9,21H2,1-3H3/t18-/m0/s1. The van der Waals surface area contributed by atoms with E-state index in [0.717, 1.165) is 10.5 Å². The highest BCUT2D eigenvalue weighted by molar-refractivity contribution is 7.98. The zero-order chi connectivity index (χ0) is 17.5. The van der Waals surface area contributed by atoms with Crippen molar-refractivity contribution < 1.29 is 9.53 Å². The van der Waals surface area contributed by atoms with Crippen LogP contribution >= 0.6 is 11.8 Å². The fourth-order valence-corrected chi connectivity index (χ4v) is 3.68. The molecule has 1 heterocycles. The minimum Gasteiger partial charge on any atom is -0.484 e. The summed E-state index contributed by atoms with van der Waals surface area (Å²) in [6.45, 7) is 4.08. The Bertz CT molecular complexity index is 798. The molecule has 4 nitrogen and oxygen atoms in total. The van der Waals surface area contributed by atoms with Crippen LogP contribution in [0.2, 0.25) is 0 Å². The van der Waals surface area contributed by atoms with Gasteiger partial charge in [0.25, 0.3) is 0 Å². The molecule has 2 N–H and O–H groups in total. The lowest BCUT2D eigenvalue weighted by Crippen LogP contribution is -2.33. The number of Topliss-reactive ketones (excluding diaryl/α,β-unsaturated/α-hetero) is 1. The van der Waals surface area contributed by atoms with Gasteiger partial charge in [-0.25, -0.2) is 0 Å². The van der Waals surface area contributed by atoms with Crippen LogP contribution in [0.3, 0.4) is 0 Å². The summed E-state index contributed by atoms with van der Waals surface area (Å²) in [6.07, 6.45) is 2.53. The molecule has 0 amide bonds. The summed E-state index contributed by atoms with van der Waals surface area (Å²) in [7, 11) is 0. The third kappa shape index (κ3) is 2.83. The van der Waals surface area contributed by atoms with E-state index >= 15 is 0 Å². The molecule has 124 valence electrons. The number of carbonyl (C=O) groups excluding carboxylic acids is 1. The molecule has 1 aromatic rings. The summed E-state index contributed by atoms with van der Waals surface area (Å²) in [6, 6.07) is 10.0. The smallest absolute Gasteiger partial charge is 0.168 e. The van der Waals surface area contributed by atoms with Gasteiger partial charge in [-0.05, 0) is 29.4 Å². The number of hydrogen-bond donors (Lipinski definition) is 1. The van der Waals surface area contributed by atoms with Gasteiger partial charge in [-0.3, -0.25) is 4.79 Å². The molecule has 5 heteroatoms. The zero-order valence-corrected chi connectivity index (χ0v) is 14.9. The highest BCUT2D eigenvalue weighted by atomic mass is 32.2. The Morgan fingerprint density at radius 3 is 2.54 bits per heavy atom. The van der Waals surface area contributed by atoms with Crippen LogP contribution in [0.5, 0.6) is 0 Å². The average molecular weight is 340 g/mol. The second-order valence-corrected chi connectivity index (χ2v) is 7.83. The number of benzene rings is 1. The Labute approximate surface area is 146 Å². The quantitative estimate of drug-likeness (QED) is 0.827. The number of thioether (sulfide) groups is 1. The first-order valence-corrected chi connectivity index (χ1v) is 9.06. The largest absolute Gasteiger partial charge is 0.484 e. The summed E-state index contributed by atoms with van der Waals surface area (Å²) in [4.78, 5) is 13.6. The van der Waals surface area contributed by atoms with Crippen LogP contribution in [0.1, 0.15) is 38.4 Å². The predicted octanol–water partition coefficient (Wildman–Crippen LogP) is 3.86. The van der Waals surface area contributed by atoms with Gasteiger partial charge in [-0.15, -0.1) is 11.8 Å². The highest BCUT2D eigenvalue weighted by Gasteiger charge is 2.41. The normalized spacial score (nSPS) is 22.8. The summed E-state index contributed by atoms with van der Waals surface area (Å²) < 4.78 is 6.12. The molecule has 2 aliphatic rings. The number of rotatable bonds is 2. The first kappa shape index (κ1) is 16.7. The molecular weight excluding hydrogens is 320 g/mol. The third-order valence-corrected chi connectivity index (χ3v) is 5.20. The molecule has 1 aliphatic carbocycles. The van der Waals surface area contributed by atoms with Crippen LogP contribution < -0.4 is 5.73 Å². The molecule has 3 rings (SSSR count). The van der Waals surface area contributed by atoms with E-state index in [2.05, 4.69) is 6.07 Å². The SMILES string of the molecule is CSc1ccc([C@@H]2OC3=C(C(=O)CC(C)(C)C3)C(N)=C2C#N)cc1. The van der Waals surface area contributed by atoms with E-state index in [0.29, 0.717) is 29.7 Å². The van der Waals surface area contributed by atoms with Crippen LogP contribution in [0.25, 0.3) is 0 Å². The number of carbonyl (C=O) groups is 1. The van der Waals surface area contributed by atoms with Crippen molar-refractivity contribution in [1.82, 2.24) is 0 Å². The lowest BCUT2D eigenvalue weighted by Gasteiger charge is -2.37. The summed E-state index contributed by atoms with van der Waals surface area (Å²) in [5.74, 6) is 0.578. The van der Waals surface area contributed by atoms with E-state index in [1.807, 2.05) is 44.4 Å². The van der Waals surface area contributed by atoms with Crippen LogP contribution in [0, 0.1) is 16.7 Å². The number of hydrogen-bond acceptors (Lipinski definition) is 5. The molecular formula is C19H20N2O2S. The molecule has 0 unspecified atom stereocenters. The first-order valence-electron chi connectivity index (χ1n) is 7.83. The molecule has 24 heavy (non-hydrogen) atoms. The van der Waals surface area contributed by atoms with E-state index in [9.17, 15) is 10.1 Å². The summed E-state index contributed by atoms with van der Waals surface area (Å²) in [5, 5.41) is 9.57. The van der Waals surface area contributed by atoms with Crippen molar-refractivity contribution in [3.63, 3.8) is 0 Å². The van der Waals surface area contributed by atoms with Gasteiger partial charge in [-0.2, -0.15) is 5.26 Å². The van der Waals surface area contributed by atoms with Gasteiger partial charge in [0.1, 0.15) is 11.8 Å². The molecule has 0 saturated carbocycles. The lowest BCUT2D eigenvalue weighted by atomic mass is 9.74. The number of nitriles is 1. The molecule has 0 spiro atoms. The molecule has 0 bridgehead atoms. The van der Waals surface area contributed by atoms with Gasteiger partial charge in [0.2, 0.25) is 0 Å². The van der Waals surface area contributed by atoms with Crippen molar-refractivity contribution in [3.8, 4) is 6.07 Å². The van der Waals surface area contributed by atoms with Crippen LogP contribution in [-0.2, 0) is 9.53 Å². The maximum absolute atomic E-state index is 12.5. The lowest BCUT2D eigenvalue weighted by molar-refractivity contribution is -0.118. The van der Waals surface area contributed by atoms with E-state index < -0.39 is 6.10 Å². The fraction of sp³-hybridized carbons (Fsp3) is 0.368. The van der Waals surface area contributed by atoms with Crippen molar-refractivity contribution in [2.24, 2.45) is 11.1 Å². The molecule has 1 atom stereocenters. The molecule has 0 radical (unpaired) electrons. The Morgan fingerprint density at radius 1 is 1.29 bits per heavy atom. The molecule has 1 aromatic carbocycles. The minimum atomic E-state index is -0.550. The van der Waals surface area contributed by atoms with Crippen molar-refractivity contribution >= 4 is 17.5 Å². The molecule has 1 aliphatic heterocycles. The summed E-state index contributed by atoms with van der Waals surface area (Å²) in [5.41, 5.74) is 7.91. The van der Waals surface area contributed by atoms with E-state index in [-0.39, 0.29) is 16.9 Å². The Morgan fingerprint density at radius 2 is 1.96 bits per heavy atom. The number of nitrogens with two attached hydrogens (primary N) is 1. The van der Waals surface area contributed by atoms with Crippen molar-refractivity contribution in [2.75, 3.05) is 6.26 Å². The number of ether oxygens (including phenoxy) is 1. The van der Waals surface area contributed by atoms with Crippen LogP contribution in [0.15, 0.2) is 51.8 Å². The second-order valence-electron chi connectivity index (χ2n) is 6.95. The molecule has 0 fully saturated rings. The second kappa shape index (κ2) is 6.03. The average Bonchev–Trinajstić information content (AvgIpc) is 2.53. The van der Waals surface area contributed by atoms with Crippen molar-refractivity contribution in [3.05, 3.63) is 52.4 Å². The highest BCUT2D eigenvalue weighted by Crippen LogP contribution is 2.45. The predicted molar refractivity (Wildman–Crippen MR) is 93.9 cm³/mol. The minimum absolute atomic E-state index is 0.0392. The third-order valence-electron chi connectivity index (χ3n) is 4.46. The molecule has 0 aromatic heterocycles. The van der Waals surface area contributed by atoms with Gasteiger partial charge in [0, 0.05) is 17.7 Å². The Kier molecular flexibility index (Phi) is 4.18. The molecule has 0 saturated heterocycles. The van der Waals surface area contributed by atoms with E-state index in [4.69, 9.17) is 10.5 Å².